The molecule has 7 rings (SSSR count). The lowest BCUT2D eigenvalue weighted by molar-refractivity contribution is -0.143. The van der Waals surface area contributed by atoms with Gasteiger partial charge < -0.3 is 24.4 Å². The number of likely N-dealkylation sites (tertiary alicyclic amines) is 2. The van der Waals surface area contributed by atoms with Gasteiger partial charge in [-0.1, -0.05) is 47.5 Å². The molecular formula is C35H41Cl2N7O4. The largest absolute Gasteiger partial charge is 0.436 e. The molecule has 0 spiro atoms. The molecule has 5 heterocycles. The summed E-state index contributed by atoms with van der Waals surface area (Å²) in [5.41, 5.74) is 2.91. The van der Waals surface area contributed by atoms with Crippen molar-refractivity contribution in [2.24, 2.45) is 0 Å². The first-order valence-corrected chi connectivity index (χ1v) is 17.6. The van der Waals surface area contributed by atoms with Crippen molar-refractivity contribution in [3.63, 3.8) is 0 Å². The van der Waals surface area contributed by atoms with Crippen LogP contribution < -0.4 is 5.69 Å². The van der Waals surface area contributed by atoms with E-state index in [4.69, 9.17) is 27.9 Å². The second kappa shape index (κ2) is 14.1. The van der Waals surface area contributed by atoms with Crippen molar-refractivity contribution in [2.75, 3.05) is 59.4 Å². The van der Waals surface area contributed by atoms with Crippen LogP contribution in [0.2, 0.25) is 10.0 Å². The topological polar surface area (TPSA) is 107 Å². The molecule has 0 aliphatic carbocycles. The normalized spacial score (nSPS) is 19.6. The summed E-state index contributed by atoms with van der Waals surface area (Å²) in [4.78, 5) is 56.6. The van der Waals surface area contributed by atoms with Crippen molar-refractivity contribution in [1.82, 2.24) is 34.1 Å². The third kappa shape index (κ3) is 6.78. The van der Waals surface area contributed by atoms with Crippen molar-refractivity contribution in [3.05, 3.63) is 74.8 Å². The van der Waals surface area contributed by atoms with Crippen molar-refractivity contribution < 1.29 is 14.3 Å². The Balaban J connectivity index is 1.02. The fraction of sp³-hybridized carbons (Fsp3) is 0.486. The molecule has 48 heavy (non-hydrogen) atoms. The van der Waals surface area contributed by atoms with E-state index < -0.39 is 12.2 Å². The lowest BCUT2D eigenvalue weighted by Crippen LogP contribution is -2.56. The van der Waals surface area contributed by atoms with Gasteiger partial charge in [0.25, 0.3) is 5.91 Å². The number of nitrogens with zero attached hydrogens (tertiary/aromatic N) is 6. The van der Waals surface area contributed by atoms with Gasteiger partial charge in [-0.05, 0) is 69.6 Å². The average Bonchev–Trinajstić information content (AvgIpc) is 3.46. The number of piperazine rings is 1. The predicted octanol–water partition coefficient (Wildman–Crippen LogP) is 4.81. The van der Waals surface area contributed by atoms with Gasteiger partial charge in [-0.2, -0.15) is 0 Å². The van der Waals surface area contributed by atoms with Crippen LogP contribution in [0.3, 0.4) is 0 Å². The standard InChI is InChI=1S/C35H41Cl2N7O4/c1-40-12-8-24(9-13-40)41-16-18-42(19-17-41)33(45)31(21-23-6-7-27(36)28(37)20-23)48-35(47)43-14-10-25(11-15-43)44-30-22-38-29-5-3-2-4-26(29)32(30)39-34(44)46/h2-7,20,22,24-25,31H,8-19,21H2,1H3,(H,39,46). The maximum absolute atomic E-state index is 14.0. The summed E-state index contributed by atoms with van der Waals surface area (Å²) in [6, 6.07) is 13.4. The molecule has 3 saturated heterocycles. The maximum Gasteiger partial charge on any atom is 0.410 e. The van der Waals surface area contributed by atoms with Gasteiger partial charge in [0.2, 0.25) is 0 Å². The number of nitrogens with one attached hydrogen (secondary N) is 1. The van der Waals surface area contributed by atoms with Gasteiger partial charge in [-0.25, -0.2) is 9.59 Å². The van der Waals surface area contributed by atoms with Gasteiger partial charge in [-0.3, -0.25) is 19.2 Å². The Bertz CT molecular complexity index is 1850. The molecule has 0 saturated carbocycles. The lowest BCUT2D eigenvalue weighted by Gasteiger charge is -2.42. The van der Waals surface area contributed by atoms with E-state index in [1.54, 1.807) is 27.8 Å². The molecule has 3 fully saturated rings. The average molecular weight is 695 g/mol. The Hall–Kier alpha value is -3.64. The number of hydrogen-bond donors (Lipinski definition) is 1. The second-order valence-electron chi connectivity index (χ2n) is 13.3. The quantitative estimate of drug-likeness (QED) is 0.309. The molecule has 1 atom stereocenters. The molecule has 0 radical (unpaired) electrons. The van der Waals surface area contributed by atoms with E-state index in [1.807, 2.05) is 35.2 Å². The van der Waals surface area contributed by atoms with E-state index in [2.05, 4.69) is 26.8 Å². The van der Waals surface area contributed by atoms with Crippen LogP contribution in [-0.4, -0.2) is 118 Å². The molecule has 1 unspecified atom stereocenters. The highest BCUT2D eigenvalue weighted by molar-refractivity contribution is 6.42. The highest BCUT2D eigenvalue weighted by Gasteiger charge is 2.35. The van der Waals surface area contributed by atoms with E-state index in [9.17, 15) is 14.4 Å². The summed E-state index contributed by atoms with van der Waals surface area (Å²) in [6.07, 6.45) is 3.82. The molecule has 0 bridgehead atoms. The number of aromatic nitrogens is 3. The molecule has 2 amide bonds. The Morgan fingerprint density at radius 3 is 2.33 bits per heavy atom. The minimum atomic E-state index is -1.00. The molecule has 2 aromatic carbocycles. The monoisotopic (exact) mass is 693 g/mol. The second-order valence-corrected chi connectivity index (χ2v) is 14.1. The highest BCUT2D eigenvalue weighted by atomic mass is 35.5. The Morgan fingerprint density at radius 1 is 0.896 bits per heavy atom. The molecule has 254 valence electrons. The number of para-hydroxylation sites is 1. The van der Waals surface area contributed by atoms with Crippen molar-refractivity contribution in [1.29, 1.82) is 0 Å². The van der Waals surface area contributed by atoms with E-state index in [1.165, 1.54) is 0 Å². The van der Waals surface area contributed by atoms with Gasteiger partial charge in [-0.15, -0.1) is 0 Å². The summed E-state index contributed by atoms with van der Waals surface area (Å²) in [5.74, 6) is -0.197. The Morgan fingerprint density at radius 2 is 1.60 bits per heavy atom. The molecule has 11 nitrogen and oxygen atoms in total. The molecule has 4 aromatic rings. The van der Waals surface area contributed by atoms with Crippen LogP contribution in [0.25, 0.3) is 21.9 Å². The number of pyridine rings is 1. The molecule has 1 N–H and O–H groups in total. The number of ether oxygens (including phenoxy) is 1. The molecular weight excluding hydrogens is 653 g/mol. The van der Waals surface area contributed by atoms with Crippen LogP contribution in [0.1, 0.15) is 37.3 Å². The number of halogens is 2. The van der Waals surface area contributed by atoms with Crippen LogP contribution >= 0.6 is 23.2 Å². The zero-order valence-corrected chi connectivity index (χ0v) is 28.6. The van der Waals surface area contributed by atoms with Crippen molar-refractivity contribution in [3.8, 4) is 0 Å². The zero-order chi connectivity index (χ0) is 33.4. The third-order valence-electron chi connectivity index (χ3n) is 10.3. The number of carbonyl (C=O) groups is 2. The zero-order valence-electron chi connectivity index (χ0n) is 27.1. The number of amides is 2. The van der Waals surface area contributed by atoms with Crippen LogP contribution in [0.15, 0.2) is 53.5 Å². The number of fused-ring (bicyclic) bond motifs is 3. The summed E-state index contributed by atoms with van der Waals surface area (Å²) < 4.78 is 7.78. The van der Waals surface area contributed by atoms with E-state index in [-0.39, 0.29) is 24.1 Å². The van der Waals surface area contributed by atoms with Crippen LogP contribution in [0.4, 0.5) is 4.79 Å². The smallest absolute Gasteiger partial charge is 0.410 e. The minimum Gasteiger partial charge on any atom is -0.436 e. The van der Waals surface area contributed by atoms with Crippen LogP contribution in [-0.2, 0) is 16.0 Å². The number of hydrogen-bond acceptors (Lipinski definition) is 7. The Kier molecular flexibility index (Phi) is 9.64. The molecule has 3 aliphatic rings. The van der Waals surface area contributed by atoms with Crippen LogP contribution in [0, 0.1) is 0 Å². The first-order valence-electron chi connectivity index (χ1n) is 16.8. The van der Waals surface area contributed by atoms with Gasteiger partial charge >= 0.3 is 11.8 Å². The summed E-state index contributed by atoms with van der Waals surface area (Å²) in [6.45, 7) is 5.77. The molecule has 13 heteroatoms. The number of H-pyrrole nitrogens is 1. The van der Waals surface area contributed by atoms with E-state index >= 15 is 0 Å². The predicted molar refractivity (Wildman–Crippen MR) is 187 cm³/mol. The number of piperidine rings is 2. The number of imidazole rings is 1. The summed E-state index contributed by atoms with van der Waals surface area (Å²) in [5, 5.41) is 1.70. The maximum atomic E-state index is 14.0. The van der Waals surface area contributed by atoms with Crippen LogP contribution in [0.5, 0.6) is 0 Å². The van der Waals surface area contributed by atoms with E-state index in [0.29, 0.717) is 55.1 Å². The number of rotatable bonds is 6. The van der Waals surface area contributed by atoms with Crippen molar-refractivity contribution >= 4 is 57.1 Å². The summed E-state index contributed by atoms with van der Waals surface area (Å²) >= 11 is 12.5. The number of aromatic amines is 1. The summed E-state index contributed by atoms with van der Waals surface area (Å²) in [7, 11) is 2.16. The number of benzene rings is 2. The van der Waals surface area contributed by atoms with Gasteiger partial charge in [0.05, 0.1) is 32.8 Å². The minimum absolute atomic E-state index is 0.104. The molecule has 2 aromatic heterocycles. The van der Waals surface area contributed by atoms with Gasteiger partial charge in [0.15, 0.2) is 6.10 Å². The first-order chi connectivity index (χ1) is 23.2. The Labute approximate surface area is 289 Å². The highest BCUT2D eigenvalue weighted by Crippen LogP contribution is 2.29. The van der Waals surface area contributed by atoms with Crippen molar-refractivity contribution in [2.45, 2.75) is 50.3 Å². The van der Waals surface area contributed by atoms with Gasteiger partial charge in [0, 0.05) is 63.2 Å². The third-order valence-corrected chi connectivity index (χ3v) is 11.0. The SMILES string of the molecule is CN1CCC(N2CCN(C(=O)C(Cc3ccc(Cl)c(Cl)c3)OC(=O)N3CCC(n4c(=O)[nH]c5c6ccccc6ncc54)CC3)CC2)CC1. The lowest BCUT2D eigenvalue weighted by atomic mass is 10.0. The van der Waals surface area contributed by atoms with E-state index in [0.717, 1.165) is 66.5 Å². The van der Waals surface area contributed by atoms with Gasteiger partial charge in [0.1, 0.15) is 0 Å². The first kappa shape index (κ1) is 32.9. The fourth-order valence-electron chi connectivity index (χ4n) is 7.52. The molecule has 3 aliphatic heterocycles. The fourth-order valence-corrected chi connectivity index (χ4v) is 7.84. The number of carbonyl (C=O) groups excluding carboxylic acids is 2.